The van der Waals surface area contributed by atoms with Crippen molar-refractivity contribution in [3.05, 3.63) is 0 Å². The van der Waals surface area contributed by atoms with Crippen LogP contribution in [0.5, 0.6) is 0 Å². The summed E-state index contributed by atoms with van der Waals surface area (Å²) >= 11 is 0. The fraction of sp³-hybridized carbons (Fsp3) is 0.684. The molecule has 178 valence electrons. The quantitative estimate of drug-likeness (QED) is 0.0780. The Balaban J connectivity index is 2.34. The fourth-order valence-electron chi connectivity index (χ4n) is 3.87. The topological polar surface area (TPSA) is 209 Å². The van der Waals surface area contributed by atoms with E-state index in [1.807, 2.05) is 0 Å². The van der Waals surface area contributed by atoms with E-state index in [0.29, 0.717) is 6.42 Å². The Labute approximate surface area is 185 Å². The molecule has 4 atom stereocenters. The highest BCUT2D eigenvalue weighted by Crippen LogP contribution is 2.28. The Morgan fingerprint density at radius 3 is 2.31 bits per heavy atom. The third kappa shape index (κ3) is 5.65. The van der Waals surface area contributed by atoms with E-state index < -0.39 is 59.7 Å². The van der Waals surface area contributed by atoms with Crippen LogP contribution in [0.3, 0.4) is 0 Å². The van der Waals surface area contributed by atoms with E-state index in [1.165, 1.54) is 11.8 Å². The summed E-state index contributed by atoms with van der Waals surface area (Å²) in [6.07, 6.45) is -0.222. The van der Waals surface area contributed by atoms with Crippen molar-refractivity contribution in [1.82, 2.24) is 20.9 Å². The molecule has 3 fully saturated rings. The first-order valence-corrected chi connectivity index (χ1v) is 10.4. The Morgan fingerprint density at radius 1 is 1.16 bits per heavy atom. The highest BCUT2D eigenvalue weighted by atomic mass is 16.4. The number of carbonyl (C=O) groups is 5. The number of nitrogens with two attached hydrogens (primary N) is 2. The molecule has 2 bridgehead atoms. The molecule has 0 aromatic heterocycles. The summed E-state index contributed by atoms with van der Waals surface area (Å²) in [5.41, 5.74) is 9.30. The molecule has 0 aromatic rings. The maximum absolute atomic E-state index is 13.0. The number of aliphatic imine (C=N–C) groups is 1. The maximum atomic E-state index is 13.0. The lowest BCUT2D eigenvalue weighted by Crippen LogP contribution is -2.78. The molecular weight excluding hydrogens is 422 g/mol. The molecule has 1 unspecified atom stereocenters. The molecule has 32 heavy (non-hydrogen) atoms. The number of carboxylic acids is 1. The van der Waals surface area contributed by atoms with Crippen LogP contribution < -0.4 is 27.4 Å². The van der Waals surface area contributed by atoms with Gasteiger partial charge in [-0.2, -0.15) is 0 Å². The number of rotatable bonds is 7. The SMILES string of the molecule is CC(C)C1C(=O)N[C@@H](CCCN=C(N)N)C(=O)N[C@@H](CC(=O)O)C(=O)N[C@]2(C)CN1C2=O. The van der Waals surface area contributed by atoms with Gasteiger partial charge >= 0.3 is 5.97 Å². The summed E-state index contributed by atoms with van der Waals surface area (Å²) in [4.78, 5) is 67.9. The number of β-lactam (4-membered cyclic amide) rings is 1. The first-order chi connectivity index (χ1) is 14.9. The predicted octanol–water partition coefficient (Wildman–Crippen LogP) is -2.76. The highest BCUT2D eigenvalue weighted by Gasteiger charge is 2.54. The van der Waals surface area contributed by atoms with E-state index in [2.05, 4.69) is 20.9 Å². The lowest BCUT2D eigenvalue weighted by atomic mass is 9.85. The third-order valence-corrected chi connectivity index (χ3v) is 5.44. The lowest BCUT2D eigenvalue weighted by molar-refractivity contribution is -0.164. The van der Waals surface area contributed by atoms with Gasteiger partial charge in [-0.15, -0.1) is 0 Å². The van der Waals surface area contributed by atoms with Crippen LogP contribution in [0.1, 0.15) is 40.0 Å². The maximum Gasteiger partial charge on any atom is 0.305 e. The number of carbonyl (C=O) groups excluding carboxylic acids is 4. The van der Waals surface area contributed by atoms with Gasteiger partial charge in [0.1, 0.15) is 23.7 Å². The molecule has 3 saturated heterocycles. The van der Waals surface area contributed by atoms with Crippen molar-refractivity contribution >= 4 is 35.6 Å². The number of hydrogen-bond acceptors (Lipinski definition) is 6. The summed E-state index contributed by atoms with van der Waals surface area (Å²) in [7, 11) is 0. The number of hydrogen-bond donors (Lipinski definition) is 6. The Bertz CT molecular complexity index is 825. The number of aliphatic carboxylic acids is 1. The monoisotopic (exact) mass is 453 g/mol. The summed E-state index contributed by atoms with van der Waals surface area (Å²) in [6, 6.07) is -3.34. The molecule has 0 aromatic carbocycles. The summed E-state index contributed by atoms with van der Waals surface area (Å²) < 4.78 is 0. The molecule has 13 nitrogen and oxygen atoms in total. The van der Waals surface area contributed by atoms with Gasteiger partial charge in [0, 0.05) is 6.54 Å². The van der Waals surface area contributed by atoms with Gasteiger partial charge in [-0.3, -0.25) is 29.0 Å². The zero-order valence-corrected chi connectivity index (χ0v) is 18.4. The van der Waals surface area contributed by atoms with Gasteiger partial charge in [-0.05, 0) is 25.7 Å². The zero-order chi connectivity index (χ0) is 24.2. The number of carboxylic acid groups (broad SMARTS) is 1. The molecule has 8 N–H and O–H groups in total. The summed E-state index contributed by atoms with van der Waals surface area (Å²) in [6.45, 7) is 5.33. The van der Waals surface area contributed by atoms with Crippen molar-refractivity contribution in [2.24, 2.45) is 22.4 Å². The number of guanidine groups is 1. The van der Waals surface area contributed by atoms with Crippen molar-refractivity contribution in [2.45, 2.75) is 63.7 Å². The second-order valence-corrected chi connectivity index (χ2v) is 8.61. The van der Waals surface area contributed by atoms with Crippen LogP contribution in [0, 0.1) is 5.92 Å². The lowest BCUT2D eigenvalue weighted by Gasteiger charge is -2.51. The van der Waals surface area contributed by atoms with E-state index in [9.17, 15) is 24.0 Å². The number of nitrogens with one attached hydrogen (secondary N) is 3. The van der Waals surface area contributed by atoms with Crippen molar-refractivity contribution in [1.29, 1.82) is 0 Å². The molecule has 3 aliphatic heterocycles. The normalized spacial score (nSPS) is 28.5. The van der Waals surface area contributed by atoms with Crippen molar-refractivity contribution in [3.63, 3.8) is 0 Å². The van der Waals surface area contributed by atoms with Gasteiger partial charge in [0.15, 0.2) is 5.96 Å². The predicted molar refractivity (Wildman–Crippen MR) is 113 cm³/mol. The van der Waals surface area contributed by atoms with Gasteiger partial charge in [0.05, 0.1) is 13.0 Å². The van der Waals surface area contributed by atoms with Crippen LogP contribution in [0.15, 0.2) is 4.99 Å². The Hall–Kier alpha value is -3.38. The van der Waals surface area contributed by atoms with Crippen LogP contribution in [0.2, 0.25) is 0 Å². The van der Waals surface area contributed by atoms with Crippen molar-refractivity contribution < 1.29 is 29.1 Å². The zero-order valence-electron chi connectivity index (χ0n) is 18.4. The van der Waals surface area contributed by atoms with E-state index in [-0.39, 0.29) is 31.4 Å². The molecule has 13 heteroatoms. The number of fused-ring (bicyclic) bond motifs is 8. The largest absolute Gasteiger partial charge is 0.481 e. The smallest absolute Gasteiger partial charge is 0.305 e. The average molecular weight is 454 g/mol. The van der Waals surface area contributed by atoms with Gasteiger partial charge < -0.3 is 37.4 Å². The Morgan fingerprint density at radius 2 is 1.78 bits per heavy atom. The molecule has 3 aliphatic rings. The van der Waals surface area contributed by atoms with Crippen LogP contribution in [0.25, 0.3) is 0 Å². The second kappa shape index (κ2) is 9.83. The first kappa shape index (κ1) is 24.9. The summed E-state index contributed by atoms with van der Waals surface area (Å²) in [5.74, 6) is -4.15. The third-order valence-electron chi connectivity index (χ3n) is 5.44. The van der Waals surface area contributed by atoms with Gasteiger partial charge in [0.25, 0.3) is 5.91 Å². The molecule has 0 radical (unpaired) electrons. The Kier molecular flexibility index (Phi) is 7.65. The summed E-state index contributed by atoms with van der Waals surface area (Å²) in [5, 5.41) is 16.7. The number of amides is 4. The number of nitrogens with zero attached hydrogens (tertiary/aromatic N) is 2. The van der Waals surface area contributed by atoms with Gasteiger partial charge in [-0.1, -0.05) is 13.8 Å². The molecule has 4 amide bonds. The van der Waals surface area contributed by atoms with Crippen LogP contribution in [-0.4, -0.2) is 82.3 Å². The van der Waals surface area contributed by atoms with Gasteiger partial charge in [-0.25, -0.2) is 0 Å². The molecule has 3 heterocycles. The van der Waals surface area contributed by atoms with E-state index in [1.54, 1.807) is 13.8 Å². The standard InChI is InChI=1S/C19H31N7O6/c1-9(2)13-16(31)23-10(5-4-6-22-18(20)21)14(29)24-11(7-12(27)28)15(30)25-19(3)8-26(13)17(19)32/h9-11,13H,4-8H2,1-3H3,(H,23,31)(H,24,29)(H,25,30)(H,27,28)(H4,20,21,22)/t10-,11-,13?,19+/m0/s1. The molecule has 0 aliphatic carbocycles. The van der Waals surface area contributed by atoms with E-state index in [0.717, 1.165) is 0 Å². The molecule has 0 saturated carbocycles. The molecule has 0 spiro atoms. The molecular formula is C19H31N7O6. The van der Waals surface area contributed by atoms with Crippen LogP contribution in [0.4, 0.5) is 0 Å². The van der Waals surface area contributed by atoms with Crippen LogP contribution in [-0.2, 0) is 24.0 Å². The highest BCUT2D eigenvalue weighted by molar-refractivity contribution is 6.02. The van der Waals surface area contributed by atoms with Crippen molar-refractivity contribution in [3.8, 4) is 0 Å². The molecule has 3 rings (SSSR count). The van der Waals surface area contributed by atoms with Crippen molar-refractivity contribution in [2.75, 3.05) is 13.1 Å². The minimum absolute atomic E-state index is 0.0801. The van der Waals surface area contributed by atoms with E-state index in [4.69, 9.17) is 16.6 Å². The fourth-order valence-corrected chi connectivity index (χ4v) is 3.87. The van der Waals surface area contributed by atoms with Gasteiger partial charge in [0.2, 0.25) is 17.7 Å². The minimum Gasteiger partial charge on any atom is -0.481 e. The van der Waals surface area contributed by atoms with E-state index >= 15 is 0 Å². The van der Waals surface area contributed by atoms with Crippen LogP contribution >= 0.6 is 0 Å². The minimum atomic E-state index is -1.42. The average Bonchev–Trinajstić information content (AvgIpc) is 2.67. The first-order valence-electron chi connectivity index (χ1n) is 10.4. The second-order valence-electron chi connectivity index (χ2n) is 8.61.